The third-order valence-electron chi connectivity index (χ3n) is 3.95. The van der Waals surface area contributed by atoms with Gasteiger partial charge < -0.3 is 9.47 Å². The molecule has 0 unspecified atom stereocenters. The second-order valence-electron chi connectivity index (χ2n) is 6.04. The predicted octanol–water partition coefficient (Wildman–Crippen LogP) is 4.37. The van der Waals surface area contributed by atoms with Crippen LogP contribution in [-0.2, 0) is 14.8 Å². The molecule has 0 saturated carbocycles. The number of sulfonamides is 1. The molecule has 0 atom stereocenters. The van der Waals surface area contributed by atoms with Crippen molar-refractivity contribution in [2.24, 2.45) is 0 Å². The molecule has 0 fully saturated rings. The molecule has 0 aliphatic rings. The lowest BCUT2D eigenvalue weighted by molar-refractivity contribution is 0.0600. The van der Waals surface area contributed by atoms with Gasteiger partial charge in [-0.05, 0) is 49.4 Å². The molecule has 0 aliphatic heterocycles. The first kappa shape index (κ1) is 19.4. The Balaban J connectivity index is 1.88. The van der Waals surface area contributed by atoms with E-state index in [4.69, 9.17) is 9.47 Å². The molecule has 144 valence electrons. The molecule has 3 aromatic carbocycles. The highest BCUT2D eigenvalue weighted by molar-refractivity contribution is 7.92. The number of hydrogen-bond acceptors (Lipinski definition) is 5. The first-order valence-electron chi connectivity index (χ1n) is 8.44. The van der Waals surface area contributed by atoms with Crippen LogP contribution in [0.4, 0.5) is 5.69 Å². The summed E-state index contributed by atoms with van der Waals surface area (Å²) in [5.74, 6) is 0.198. The van der Waals surface area contributed by atoms with Crippen LogP contribution >= 0.6 is 0 Å². The van der Waals surface area contributed by atoms with Gasteiger partial charge in [0.25, 0.3) is 10.0 Å². The van der Waals surface area contributed by atoms with E-state index in [-0.39, 0.29) is 10.6 Å². The number of esters is 1. The topological polar surface area (TPSA) is 81.7 Å². The summed E-state index contributed by atoms with van der Waals surface area (Å²) in [5.41, 5.74) is 1.58. The average Bonchev–Trinajstić information content (AvgIpc) is 2.69. The number of anilines is 1. The van der Waals surface area contributed by atoms with Gasteiger partial charge in [-0.15, -0.1) is 0 Å². The second kappa shape index (κ2) is 8.14. The lowest BCUT2D eigenvalue weighted by Gasteiger charge is -2.14. The van der Waals surface area contributed by atoms with Crippen molar-refractivity contribution in [3.8, 4) is 11.5 Å². The number of hydrogen-bond donors (Lipinski definition) is 1. The maximum atomic E-state index is 12.7. The first-order chi connectivity index (χ1) is 13.4. The summed E-state index contributed by atoms with van der Waals surface area (Å²) < 4.78 is 38.4. The molecule has 0 amide bonds. The average molecular weight is 397 g/mol. The Hall–Kier alpha value is -3.32. The number of ether oxygens (including phenoxy) is 2. The molecule has 3 rings (SSSR count). The minimum atomic E-state index is -3.77. The van der Waals surface area contributed by atoms with E-state index < -0.39 is 16.0 Å². The van der Waals surface area contributed by atoms with Gasteiger partial charge in [-0.25, -0.2) is 13.2 Å². The number of benzene rings is 3. The summed E-state index contributed by atoms with van der Waals surface area (Å²) in [6, 6.07) is 19.7. The summed E-state index contributed by atoms with van der Waals surface area (Å²) in [6.45, 7) is 1.88. The summed E-state index contributed by atoms with van der Waals surface area (Å²) in [5, 5.41) is 0. The standard InChI is InChI=1S/C21H19NO5S/c1-15-10-12-18(13-11-15)28(24,25)22-19-8-3-4-9-20(19)27-17-7-5-6-16(14-17)21(23)26-2/h3-14,22H,1-2H3. The lowest BCUT2D eigenvalue weighted by atomic mass is 10.2. The summed E-state index contributed by atoms with van der Waals surface area (Å²) in [7, 11) is -2.48. The molecule has 0 spiro atoms. The number of carbonyl (C=O) groups excluding carboxylic acids is 1. The fourth-order valence-electron chi connectivity index (χ4n) is 2.49. The molecule has 1 N–H and O–H groups in total. The number of nitrogens with one attached hydrogen (secondary N) is 1. The fourth-order valence-corrected chi connectivity index (χ4v) is 3.56. The van der Waals surface area contributed by atoms with Crippen LogP contribution < -0.4 is 9.46 Å². The molecule has 28 heavy (non-hydrogen) atoms. The fraction of sp³-hybridized carbons (Fsp3) is 0.0952. The first-order valence-corrected chi connectivity index (χ1v) is 9.92. The maximum absolute atomic E-state index is 12.7. The number of methoxy groups -OCH3 is 1. The normalized spacial score (nSPS) is 10.9. The number of para-hydroxylation sites is 2. The summed E-state index contributed by atoms with van der Waals surface area (Å²) >= 11 is 0. The van der Waals surface area contributed by atoms with Crippen LogP contribution in [0.2, 0.25) is 0 Å². The van der Waals surface area contributed by atoms with E-state index in [2.05, 4.69) is 4.72 Å². The molecular weight excluding hydrogens is 378 g/mol. The van der Waals surface area contributed by atoms with Crippen LogP contribution in [0.5, 0.6) is 11.5 Å². The number of aryl methyl sites for hydroxylation is 1. The third kappa shape index (κ3) is 4.50. The minimum absolute atomic E-state index is 0.153. The SMILES string of the molecule is COC(=O)c1cccc(Oc2ccccc2NS(=O)(=O)c2ccc(C)cc2)c1. The van der Waals surface area contributed by atoms with E-state index in [1.165, 1.54) is 13.2 Å². The highest BCUT2D eigenvalue weighted by atomic mass is 32.2. The molecule has 0 aliphatic carbocycles. The van der Waals surface area contributed by atoms with E-state index in [1.807, 2.05) is 6.92 Å². The van der Waals surface area contributed by atoms with Crippen LogP contribution in [0, 0.1) is 6.92 Å². The monoisotopic (exact) mass is 397 g/mol. The quantitative estimate of drug-likeness (QED) is 0.625. The zero-order valence-electron chi connectivity index (χ0n) is 15.4. The number of carbonyl (C=O) groups is 1. The second-order valence-corrected chi connectivity index (χ2v) is 7.72. The van der Waals surface area contributed by atoms with Gasteiger partial charge in [-0.3, -0.25) is 4.72 Å². The largest absolute Gasteiger partial charge is 0.465 e. The molecule has 6 nitrogen and oxygen atoms in total. The Morgan fingerprint density at radius 3 is 2.36 bits per heavy atom. The van der Waals surface area contributed by atoms with Crippen LogP contribution in [0.1, 0.15) is 15.9 Å². The van der Waals surface area contributed by atoms with Crippen molar-refractivity contribution < 1.29 is 22.7 Å². The van der Waals surface area contributed by atoms with E-state index in [0.717, 1.165) is 5.56 Å². The van der Waals surface area contributed by atoms with Gasteiger partial charge >= 0.3 is 5.97 Å². The van der Waals surface area contributed by atoms with Gasteiger partial charge in [0.2, 0.25) is 0 Å². The van der Waals surface area contributed by atoms with Crippen molar-refractivity contribution in [2.75, 3.05) is 11.8 Å². The van der Waals surface area contributed by atoms with Gasteiger partial charge in [0.05, 0.1) is 23.3 Å². The lowest BCUT2D eigenvalue weighted by Crippen LogP contribution is -2.13. The predicted molar refractivity (Wildman–Crippen MR) is 106 cm³/mol. The van der Waals surface area contributed by atoms with Gasteiger partial charge in [-0.2, -0.15) is 0 Å². The smallest absolute Gasteiger partial charge is 0.337 e. The van der Waals surface area contributed by atoms with Crippen molar-refractivity contribution >= 4 is 21.7 Å². The number of rotatable bonds is 6. The Labute approximate surface area is 163 Å². The van der Waals surface area contributed by atoms with Crippen molar-refractivity contribution in [1.29, 1.82) is 0 Å². The third-order valence-corrected chi connectivity index (χ3v) is 5.33. The Kier molecular flexibility index (Phi) is 5.65. The van der Waals surface area contributed by atoms with Crippen molar-refractivity contribution in [1.82, 2.24) is 0 Å². The van der Waals surface area contributed by atoms with Gasteiger partial charge in [-0.1, -0.05) is 35.9 Å². The van der Waals surface area contributed by atoms with Crippen molar-refractivity contribution in [2.45, 2.75) is 11.8 Å². The van der Waals surface area contributed by atoms with Crippen LogP contribution in [-0.4, -0.2) is 21.5 Å². The highest BCUT2D eigenvalue weighted by Gasteiger charge is 2.17. The summed E-state index contributed by atoms with van der Waals surface area (Å²) in [4.78, 5) is 11.8. The Bertz CT molecular complexity index is 1090. The molecule has 0 radical (unpaired) electrons. The van der Waals surface area contributed by atoms with E-state index >= 15 is 0 Å². The van der Waals surface area contributed by atoms with Crippen molar-refractivity contribution in [3.05, 3.63) is 83.9 Å². The van der Waals surface area contributed by atoms with Gasteiger partial charge in [0, 0.05) is 0 Å². The molecule has 0 heterocycles. The molecule has 3 aromatic rings. The van der Waals surface area contributed by atoms with E-state index in [9.17, 15) is 13.2 Å². The van der Waals surface area contributed by atoms with Crippen LogP contribution in [0.25, 0.3) is 0 Å². The zero-order chi connectivity index (χ0) is 20.1. The molecule has 7 heteroatoms. The summed E-state index contributed by atoms with van der Waals surface area (Å²) in [6.07, 6.45) is 0. The van der Waals surface area contributed by atoms with Crippen LogP contribution in [0.15, 0.2) is 77.7 Å². The van der Waals surface area contributed by atoms with Gasteiger partial charge in [0.15, 0.2) is 5.75 Å². The van der Waals surface area contributed by atoms with Gasteiger partial charge in [0.1, 0.15) is 5.75 Å². The minimum Gasteiger partial charge on any atom is -0.465 e. The Morgan fingerprint density at radius 1 is 0.929 bits per heavy atom. The highest BCUT2D eigenvalue weighted by Crippen LogP contribution is 2.31. The Morgan fingerprint density at radius 2 is 1.64 bits per heavy atom. The van der Waals surface area contributed by atoms with E-state index in [0.29, 0.717) is 17.1 Å². The van der Waals surface area contributed by atoms with E-state index in [1.54, 1.807) is 66.7 Å². The van der Waals surface area contributed by atoms with Crippen LogP contribution in [0.3, 0.4) is 0 Å². The molecule has 0 saturated heterocycles. The molecule has 0 bridgehead atoms. The molecule has 0 aromatic heterocycles. The molecular formula is C21H19NO5S. The maximum Gasteiger partial charge on any atom is 0.337 e. The van der Waals surface area contributed by atoms with Crippen molar-refractivity contribution in [3.63, 3.8) is 0 Å². The zero-order valence-corrected chi connectivity index (χ0v) is 16.2.